The molecule has 0 aliphatic carbocycles. The summed E-state index contributed by atoms with van der Waals surface area (Å²) in [5.41, 5.74) is 11.9. The van der Waals surface area contributed by atoms with Gasteiger partial charge in [-0.2, -0.15) is 0 Å². The fraction of sp³-hybridized carbons (Fsp3) is 0.368. The second-order valence-corrected chi connectivity index (χ2v) is 6.09. The van der Waals surface area contributed by atoms with E-state index in [1.54, 1.807) is 0 Å². The molecule has 0 saturated heterocycles. The van der Waals surface area contributed by atoms with Gasteiger partial charge in [0.25, 0.3) is 0 Å². The molecule has 2 heteroatoms. The Morgan fingerprint density at radius 1 is 0.952 bits per heavy atom. The largest absolute Gasteiger partial charge is 0.457 e. The van der Waals surface area contributed by atoms with E-state index in [0.29, 0.717) is 0 Å². The Bertz CT molecular complexity index is 644. The van der Waals surface area contributed by atoms with Crippen molar-refractivity contribution in [3.63, 3.8) is 0 Å². The number of benzene rings is 2. The van der Waals surface area contributed by atoms with Crippen LogP contribution in [0.25, 0.3) is 0 Å². The standard InChI is InChI=1S/C19H25NO/c1-12-8-14(3)16(5)19(9-12)21-18-11-17(10-15(4)20)7-6-13(18)2/h6-9,11,15H,10,20H2,1-5H3. The summed E-state index contributed by atoms with van der Waals surface area (Å²) in [6.07, 6.45) is 0.864. The van der Waals surface area contributed by atoms with E-state index in [1.807, 2.05) is 6.92 Å². The van der Waals surface area contributed by atoms with Gasteiger partial charge in [0.1, 0.15) is 11.5 Å². The molecule has 0 radical (unpaired) electrons. The van der Waals surface area contributed by atoms with E-state index in [0.717, 1.165) is 23.5 Å². The van der Waals surface area contributed by atoms with Crippen molar-refractivity contribution in [2.45, 2.75) is 47.1 Å². The Balaban J connectivity index is 2.35. The highest BCUT2D eigenvalue weighted by Crippen LogP contribution is 2.31. The molecule has 0 aliphatic heterocycles. The zero-order chi connectivity index (χ0) is 15.6. The minimum atomic E-state index is 0.156. The Morgan fingerprint density at radius 2 is 1.67 bits per heavy atom. The molecule has 21 heavy (non-hydrogen) atoms. The summed E-state index contributed by atoms with van der Waals surface area (Å²) in [7, 11) is 0. The molecule has 112 valence electrons. The predicted molar refractivity (Wildman–Crippen MR) is 89.3 cm³/mol. The molecule has 2 rings (SSSR count). The van der Waals surface area contributed by atoms with Crippen LogP contribution in [0.1, 0.15) is 34.7 Å². The number of ether oxygens (including phenoxy) is 1. The topological polar surface area (TPSA) is 35.2 Å². The van der Waals surface area contributed by atoms with Crippen LogP contribution in [-0.4, -0.2) is 6.04 Å². The summed E-state index contributed by atoms with van der Waals surface area (Å²) >= 11 is 0. The molecule has 2 aromatic rings. The average Bonchev–Trinajstić information content (AvgIpc) is 2.38. The van der Waals surface area contributed by atoms with Crippen molar-refractivity contribution in [1.29, 1.82) is 0 Å². The smallest absolute Gasteiger partial charge is 0.130 e. The lowest BCUT2D eigenvalue weighted by Gasteiger charge is -2.15. The zero-order valence-electron chi connectivity index (χ0n) is 13.7. The third kappa shape index (κ3) is 3.85. The molecule has 2 aromatic carbocycles. The second-order valence-electron chi connectivity index (χ2n) is 6.09. The number of nitrogens with two attached hydrogens (primary N) is 1. The molecule has 0 fully saturated rings. The minimum Gasteiger partial charge on any atom is -0.457 e. The highest BCUT2D eigenvalue weighted by atomic mass is 16.5. The van der Waals surface area contributed by atoms with E-state index >= 15 is 0 Å². The number of hydrogen-bond acceptors (Lipinski definition) is 2. The maximum absolute atomic E-state index is 6.18. The summed E-state index contributed by atoms with van der Waals surface area (Å²) in [5, 5.41) is 0. The van der Waals surface area contributed by atoms with E-state index in [1.165, 1.54) is 22.3 Å². The Kier molecular flexibility index (Phi) is 4.69. The highest BCUT2D eigenvalue weighted by Gasteiger charge is 2.09. The second kappa shape index (κ2) is 6.31. The molecule has 2 N–H and O–H groups in total. The lowest BCUT2D eigenvalue weighted by atomic mass is 10.0. The molecule has 0 bridgehead atoms. The lowest BCUT2D eigenvalue weighted by Crippen LogP contribution is -2.17. The third-order valence-corrected chi connectivity index (χ3v) is 3.79. The van der Waals surface area contributed by atoms with Gasteiger partial charge < -0.3 is 10.5 Å². The van der Waals surface area contributed by atoms with Crippen LogP contribution < -0.4 is 10.5 Å². The molecule has 1 atom stereocenters. The molecule has 0 heterocycles. The first-order chi connectivity index (χ1) is 9.86. The third-order valence-electron chi connectivity index (χ3n) is 3.79. The molecule has 0 aromatic heterocycles. The maximum Gasteiger partial charge on any atom is 0.130 e. The molecule has 1 unspecified atom stereocenters. The first-order valence-corrected chi connectivity index (χ1v) is 7.47. The first kappa shape index (κ1) is 15.6. The van der Waals surface area contributed by atoms with Crippen LogP contribution >= 0.6 is 0 Å². The van der Waals surface area contributed by atoms with Crippen LogP contribution in [0.5, 0.6) is 11.5 Å². The molecule has 0 spiro atoms. The van der Waals surface area contributed by atoms with Crippen LogP contribution in [0.15, 0.2) is 30.3 Å². The minimum absolute atomic E-state index is 0.156. The summed E-state index contributed by atoms with van der Waals surface area (Å²) < 4.78 is 6.18. The Morgan fingerprint density at radius 3 is 2.33 bits per heavy atom. The van der Waals surface area contributed by atoms with Crippen molar-refractivity contribution in [3.05, 3.63) is 58.1 Å². The highest BCUT2D eigenvalue weighted by molar-refractivity contribution is 5.46. The fourth-order valence-corrected chi connectivity index (χ4v) is 2.48. The van der Waals surface area contributed by atoms with Crippen LogP contribution in [-0.2, 0) is 6.42 Å². The normalized spacial score (nSPS) is 12.3. The van der Waals surface area contributed by atoms with Crippen molar-refractivity contribution < 1.29 is 4.74 Å². The van der Waals surface area contributed by atoms with Gasteiger partial charge in [-0.1, -0.05) is 18.2 Å². The van der Waals surface area contributed by atoms with Crippen LogP contribution in [0.3, 0.4) is 0 Å². The van der Waals surface area contributed by atoms with Gasteiger partial charge >= 0.3 is 0 Å². The van der Waals surface area contributed by atoms with Crippen molar-refractivity contribution in [1.82, 2.24) is 0 Å². The molecule has 0 saturated carbocycles. The van der Waals surface area contributed by atoms with Crippen LogP contribution in [0, 0.1) is 27.7 Å². The summed E-state index contributed by atoms with van der Waals surface area (Å²) in [6.45, 7) is 10.4. The SMILES string of the molecule is Cc1cc(C)c(C)c(Oc2cc(CC(C)N)ccc2C)c1. The van der Waals surface area contributed by atoms with E-state index in [2.05, 4.69) is 58.0 Å². The number of rotatable bonds is 4. The first-order valence-electron chi connectivity index (χ1n) is 7.47. The Labute approximate surface area is 127 Å². The van der Waals surface area contributed by atoms with E-state index in [-0.39, 0.29) is 6.04 Å². The van der Waals surface area contributed by atoms with E-state index in [9.17, 15) is 0 Å². The Hall–Kier alpha value is -1.80. The van der Waals surface area contributed by atoms with E-state index < -0.39 is 0 Å². The van der Waals surface area contributed by atoms with Gasteiger partial charge in [0.15, 0.2) is 0 Å². The molecule has 2 nitrogen and oxygen atoms in total. The van der Waals surface area contributed by atoms with Crippen molar-refractivity contribution in [3.8, 4) is 11.5 Å². The molecule has 0 aliphatic rings. The molecular formula is C19H25NO. The van der Waals surface area contributed by atoms with Crippen LogP contribution in [0.2, 0.25) is 0 Å². The fourth-order valence-electron chi connectivity index (χ4n) is 2.48. The summed E-state index contributed by atoms with van der Waals surface area (Å²) in [6, 6.07) is 10.8. The van der Waals surface area contributed by atoms with Crippen molar-refractivity contribution in [2.24, 2.45) is 5.73 Å². The molecule has 0 amide bonds. The predicted octanol–water partition coefficient (Wildman–Crippen LogP) is 4.60. The van der Waals surface area contributed by atoms with Crippen molar-refractivity contribution >= 4 is 0 Å². The van der Waals surface area contributed by atoms with Gasteiger partial charge in [0.05, 0.1) is 0 Å². The van der Waals surface area contributed by atoms with Gasteiger partial charge in [-0.3, -0.25) is 0 Å². The van der Waals surface area contributed by atoms with Gasteiger partial charge in [0, 0.05) is 6.04 Å². The molecular weight excluding hydrogens is 258 g/mol. The number of hydrogen-bond donors (Lipinski definition) is 1. The quantitative estimate of drug-likeness (QED) is 0.889. The summed E-state index contributed by atoms with van der Waals surface area (Å²) in [4.78, 5) is 0. The van der Waals surface area contributed by atoms with Gasteiger partial charge in [0.2, 0.25) is 0 Å². The van der Waals surface area contributed by atoms with Gasteiger partial charge in [-0.15, -0.1) is 0 Å². The average molecular weight is 283 g/mol. The summed E-state index contributed by atoms with van der Waals surface area (Å²) in [5.74, 6) is 1.86. The van der Waals surface area contributed by atoms with Crippen molar-refractivity contribution in [2.75, 3.05) is 0 Å². The maximum atomic E-state index is 6.18. The van der Waals surface area contributed by atoms with Crippen LogP contribution in [0.4, 0.5) is 0 Å². The van der Waals surface area contributed by atoms with Gasteiger partial charge in [-0.25, -0.2) is 0 Å². The monoisotopic (exact) mass is 283 g/mol. The zero-order valence-corrected chi connectivity index (χ0v) is 13.7. The number of aryl methyl sites for hydroxylation is 3. The lowest BCUT2D eigenvalue weighted by molar-refractivity contribution is 0.473. The van der Waals surface area contributed by atoms with Gasteiger partial charge in [-0.05, 0) is 81.0 Å². The van der Waals surface area contributed by atoms with E-state index in [4.69, 9.17) is 10.5 Å².